The van der Waals surface area contributed by atoms with Gasteiger partial charge in [0.1, 0.15) is 11.5 Å². The summed E-state index contributed by atoms with van der Waals surface area (Å²) in [5, 5.41) is 11.2. The van der Waals surface area contributed by atoms with E-state index >= 15 is 0 Å². The molecule has 0 spiro atoms. The summed E-state index contributed by atoms with van der Waals surface area (Å²) in [6, 6.07) is 0. The number of ether oxygens (including phenoxy) is 2. The molecule has 0 saturated carbocycles. The molecule has 1 aromatic rings. The van der Waals surface area contributed by atoms with Crippen molar-refractivity contribution in [3.8, 4) is 11.5 Å². The average Bonchev–Trinajstić information content (AvgIpc) is 2.46. The summed E-state index contributed by atoms with van der Waals surface area (Å²) in [4.78, 5) is 0. The molecule has 3 heteroatoms. The van der Waals surface area contributed by atoms with Crippen molar-refractivity contribution in [3.63, 3.8) is 0 Å². The maximum absolute atomic E-state index is 11.2. The molecule has 1 unspecified atom stereocenters. The summed E-state index contributed by atoms with van der Waals surface area (Å²) in [7, 11) is 1.71. The Morgan fingerprint density at radius 2 is 1.92 bits per heavy atom. The zero-order valence-electron chi connectivity index (χ0n) is 16.7. The SMILES string of the molecule is CCCc1c2c(c(C(C)C)c(O)c1C(C)(C)C)CCC(C)(OC)O2. The van der Waals surface area contributed by atoms with Gasteiger partial charge in [0.2, 0.25) is 5.79 Å². The Kier molecular flexibility index (Phi) is 5.25. The molecule has 0 bridgehead atoms. The normalized spacial score (nSPS) is 20.9. The Bertz CT molecular complexity index is 611. The molecule has 1 atom stereocenters. The van der Waals surface area contributed by atoms with Crippen molar-refractivity contribution in [1.82, 2.24) is 0 Å². The van der Waals surface area contributed by atoms with Gasteiger partial charge in [-0.1, -0.05) is 48.0 Å². The third-order valence-corrected chi connectivity index (χ3v) is 5.07. The van der Waals surface area contributed by atoms with Gasteiger partial charge in [0, 0.05) is 42.7 Å². The third-order valence-electron chi connectivity index (χ3n) is 5.07. The van der Waals surface area contributed by atoms with Crippen LogP contribution in [0.2, 0.25) is 0 Å². The minimum atomic E-state index is -0.587. The van der Waals surface area contributed by atoms with Crippen LogP contribution in [0.15, 0.2) is 0 Å². The zero-order valence-corrected chi connectivity index (χ0v) is 16.7. The van der Waals surface area contributed by atoms with Crippen LogP contribution < -0.4 is 4.74 Å². The first-order valence-corrected chi connectivity index (χ1v) is 9.21. The molecule has 1 aliphatic heterocycles. The van der Waals surface area contributed by atoms with Gasteiger partial charge in [0.05, 0.1) is 0 Å². The molecular weight excluding hydrogens is 300 g/mol. The number of fused-ring (bicyclic) bond motifs is 1. The van der Waals surface area contributed by atoms with E-state index < -0.39 is 5.79 Å². The van der Waals surface area contributed by atoms with E-state index in [1.165, 1.54) is 5.56 Å². The monoisotopic (exact) mass is 334 g/mol. The van der Waals surface area contributed by atoms with Crippen molar-refractivity contribution in [3.05, 3.63) is 22.3 Å². The van der Waals surface area contributed by atoms with Crippen LogP contribution in [0.25, 0.3) is 0 Å². The highest BCUT2D eigenvalue weighted by Gasteiger charge is 2.38. The number of aromatic hydroxyl groups is 1. The lowest BCUT2D eigenvalue weighted by Gasteiger charge is -2.39. The van der Waals surface area contributed by atoms with Gasteiger partial charge in [0.15, 0.2) is 0 Å². The smallest absolute Gasteiger partial charge is 0.207 e. The van der Waals surface area contributed by atoms with Crippen molar-refractivity contribution in [2.75, 3.05) is 7.11 Å². The highest BCUT2D eigenvalue weighted by atomic mass is 16.7. The van der Waals surface area contributed by atoms with E-state index in [1.807, 2.05) is 6.92 Å². The van der Waals surface area contributed by atoms with Gasteiger partial charge in [0.25, 0.3) is 0 Å². The number of hydrogen-bond acceptors (Lipinski definition) is 3. The molecule has 3 nitrogen and oxygen atoms in total. The summed E-state index contributed by atoms with van der Waals surface area (Å²) >= 11 is 0. The van der Waals surface area contributed by atoms with E-state index in [1.54, 1.807) is 7.11 Å². The van der Waals surface area contributed by atoms with Gasteiger partial charge < -0.3 is 14.6 Å². The lowest BCUT2D eigenvalue weighted by Crippen LogP contribution is -2.39. The number of hydrogen-bond donors (Lipinski definition) is 1. The Hall–Kier alpha value is -1.22. The second-order valence-electron chi connectivity index (χ2n) is 8.52. The molecule has 1 aliphatic rings. The first-order chi connectivity index (χ1) is 11.1. The molecule has 0 aliphatic carbocycles. The van der Waals surface area contributed by atoms with Crippen molar-refractivity contribution in [1.29, 1.82) is 0 Å². The zero-order chi connectivity index (χ0) is 18.3. The predicted octanol–water partition coefficient (Wildman–Crippen LogP) is 5.45. The van der Waals surface area contributed by atoms with E-state index in [9.17, 15) is 5.11 Å². The minimum absolute atomic E-state index is 0.141. The van der Waals surface area contributed by atoms with Crippen LogP contribution in [-0.4, -0.2) is 18.0 Å². The van der Waals surface area contributed by atoms with Crippen LogP contribution in [0, 0.1) is 0 Å². The van der Waals surface area contributed by atoms with E-state index in [0.717, 1.165) is 48.1 Å². The Labute approximate surface area is 147 Å². The van der Waals surface area contributed by atoms with Crippen molar-refractivity contribution in [2.45, 2.75) is 91.3 Å². The fraction of sp³-hybridized carbons (Fsp3) is 0.714. The van der Waals surface area contributed by atoms with E-state index in [2.05, 4.69) is 41.5 Å². The standard InChI is InChI=1S/C21H34O3/c1-9-10-15-17(20(4,5)6)18(22)16(13(2)3)14-11-12-21(7,23-8)24-19(14)15/h13,22H,9-12H2,1-8H3. The lowest BCUT2D eigenvalue weighted by atomic mass is 9.76. The van der Waals surface area contributed by atoms with Gasteiger partial charge in [-0.2, -0.15) is 0 Å². The lowest BCUT2D eigenvalue weighted by molar-refractivity contribution is -0.160. The number of phenols is 1. The first-order valence-electron chi connectivity index (χ1n) is 9.21. The molecule has 0 fully saturated rings. The van der Waals surface area contributed by atoms with E-state index in [0.29, 0.717) is 5.75 Å². The molecule has 0 aromatic heterocycles. The Balaban J connectivity index is 2.84. The van der Waals surface area contributed by atoms with E-state index in [4.69, 9.17) is 9.47 Å². The largest absolute Gasteiger partial charge is 0.507 e. The number of benzene rings is 1. The fourth-order valence-electron chi connectivity index (χ4n) is 3.89. The summed E-state index contributed by atoms with van der Waals surface area (Å²) in [6.07, 6.45) is 3.60. The number of methoxy groups -OCH3 is 1. The third kappa shape index (κ3) is 3.28. The van der Waals surface area contributed by atoms with Gasteiger partial charge in [-0.15, -0.1) is 0 Å². The van der Waals surface area contributed by atoms with Crippen LogP contribution in [0.1, 0.15) is 89.5 Å². The maximum Gasteiger partial charge on any atom is 0.207 e. The maximum atomic E-state index is 11.2. The van der Waals surface area contributed by atoms with Crippen LogP contribution in [0.4, 0.5) is 0 Å². The summed E-state index contributed by atoms with van der Waals surface area (Å²) in [5.41, 5.74) is 4.27. The van der Waals surface area contributed by atoms with Gasteiger partial charge >= 0.3 is 0 Å². The molecule has 0 radical (unpaired) electrons. The summed E-state index contributed by atoms with van der Waals surface area (Å²) < 4.78 is 12.0. The second kappa shape index (κ2) is 6.59. The number of phenolic OH excluding ortho intramolecular Hbond substituents is 1. The highest BCUT2D eigenvalue weighted by molar-refractivity contribution is 5.62. The summed E-state index contributed by atoms with van der Waals surface area (Å²) in [6.45, 7) is 15.0. The van der Waals surface area contributed by atoms with Crippen molar-refractivity contribution >= 4 is 0 Å². The predicted molar refractivity (Wildman–Crippen MR) is 99.3 cm³/mol. The Morgan fingerprint density at radius 3 is 2.38 bits per heavy atom. The molecule has 2 rings (SSSR count). The topological polar surface area (TPSA) is 38.7 Å². The average molecular weight is 335 g/mol. The van der Waals surface area contributed by atoms with Gasteiger partial charge in [-0.25, -0.2) is 0 Å². The highest BCUT2D eigenvalue weighted by Crippen LogP contribution is 2.50. The molecule has 1 aromatic carbocycles. The van der Waals surface area contributed by atoms with Crippen LogP contribution in [-0.2, 0) is 23.0 Å². The van der Waals surface area contributed by atoms with Crippen molar-refractivity contribution in [2.24, 2.45) is 0 Å². The van der Waals surface area contributed by atoms with Crippen LogP contribution in [0.5, 0.6) is 11.5 Å². The molecule has 1 N–H and O–H groups in total. The molecule has 0 amide bonds. The summed E-state index contributed by atoms with van der Waals surface area (Å²) in [5.74, 6) is 1.10. The molecular formula is C21H34O3. The quantitative estimate of drug-likeness (QED) is 0.795. The molecule has 0 saturated heterocycles. The van der Waals surface area contributed by atoms with Gasteiger partial charge in [-0.05, 0) is 24.2 Å². The Morgan fingerprint density at radius 1 is 1.29 bits per heavy atom. The van der Waals surface area contributed by atoms with Crippen LogP contribution >= 0.6 is 0 Å². The molecule has 24 heavy (non-hydrogen) atoms. The van der Waals surface area contributed by atoms with Crippen LogP contribution in [0.3, 0.4) is 0 Å². The number of rotatable bonds is 4. The van der Waals surface area contributed by atoms with Gasteiger partial charge in [-0.3, -0.25) is 0 Å². The first kappa shape index (κ1) is 19.1. The van der Waals surface area contributed by atoms with Crippen molar-refractivity contribution < 1.29 is 14.6 Å². The van der Waals surface area contributed by atoms with E-state index in [-0.39, 0.29) is 11.3 Å². The fourth-order valence-corrected chi connectivity index (χ4v) is 3.89. The minimum Gasteiger partial charge on any atom is -0.507 e. The molecule has 1 heterocycles. The second-order valence-corrected chi connectivity index (χ2v) is 8.52. The molecule has 136 valence electrons.